The molecule has 2 aromatic rings. The van der Waals surface area contributed by atoms with Gasteiger partial charge in [-0.15, -0.1) is 24.0 Å². The fraction of sp³-hybridized carbons (Fsp3) is 0.429. The minimum atomic E-state index is 0. The second kappa shape index (κ2) is 11.9. The Bertz CT molecular complexity index is 735. The monoisotopic (exact) mass is 495 g/mol. The summed E-state index contributed by atoms with van der Waals surface area (Å²) in [5, 5.41) is 6.83. The van der Waals surface area contributed by atoms with Crippen LogP contribution in [0.1, 0.15) is 31.0 Å². The Hall–Kier alpha value is -1.87. The van der Waals surface area contributed by atoms with Gasteiger partial charge in [0, 0.05) is 31.4 Å². The van der Waals surface area contributed by atoms with Crippen LogP contribution < -0.4 is 15.5 Å². The molecule has 6 nitrogen and oxygen atoms in total. The maximum absolute atomic E-state index is 5.46. The van der Waals surface area contributed by atoms with E-state index in [1.807, 2.05) is 18.3 Å². The largest absolute Gasteiger partial charge is 0.378 e. The zero-order chi connectivity index (χ0) is 18.9. The summed E-state index contributed by atoms with van der Waals surface area (Å²) in [5.41, 5.74) is 2.36. The molecule has 1 atom stereocenters. The number of aromatic nitrogens is 1. The Balaban J connectivity index is 0.00000280. The van der Waals surface area contributed by atoms with Crippen LogP contribution in [-0.2, 0) is 11.3 Å². The molecule has 0 spiro atoms. The summed E-state index contributed by atoms with van der Waals surface area (Å²) in [6, 6.07) is 14.6. The maximum atomic E-state index is 5.46. The number of ether oxygens (including phenoxy) is 1. The van der Waals surface area contributed by atoms with Crippen LogP contribution in [0.25, 0.3) is 0 Å². The van der Waals surface area contributed by atoms with E-state index in [-0.39, 0.29) is 30.0 Å². The van der Waals surface area contributed by atoms with Gasteiger partial charge in [-0.05, 0) is 25.5 Å². The number of hydrogen-bond acceptors (Lipinski definition) is 4. The van der Waals surface area contributed by atoms with E-state index < -0.39 is 0 Å². The normalized spacial score (nSPS) is 15.5. The molecule has 3 rings (SSSR count). The molecule has 0 aliphatic carbocycles. The molecule has 1 fully saturated rings. The smallest absolute Gasteiger partial charge is 0.192 e. The summed E-state index contributed by atoms with van der Waals surface area (Å²) in [6.45, 7) is 8.86. The van der Waals surface area contributed by atoms with Gasteiger partial charge in [-0.2, -0.15) is 0 Å². The molecule has 1 saturated heterocycles. The fourth-order valence-corrected chi connectivity index (χ4v) is 3.13. The van der Waals surface area contributed by atoms with Crippen LogP contribution in [-0.4, -0.2) is 43.8 Å². The molecule has 7 heteroatoms. The van der Waals surface area contributed by atoms with Gasteiger partial charge in [-0.3, -0.25) is 0 Å². The number of guanidine groups is 1. The van der Waals surface area contributed by atoms with E-state index in [4.69, 9.17) is 9.73 Å². The molecular formula is C21H30IN5O. The van der Waals surface area contributed by atoms with Crippen LogP contribution in [0.2, 0.25) is 0 Å². The van der Waals surface area contributed by atoms with E-state index in [1.54, 1.807) is 0 Å². The highest BCUT2D eigenvalue weighted by molar-refractivity contribution is 14.0. The first-order valence-corrected chi connectivity index (χ1v) is 9.64. The van der Waals surface area contributed by atoms with Crippen LogP contribution in [0, 0.1) is 0 Å². The third kappa shape index (κ3) is 6.34. The lowest BCUT2D eigenvalue weighted by atomic mass is 10.1. The molecule has 0 saturated carbocycles. The van der Waals surface area contributed by atoms with Gasteiger partial charge in [0.2, 0.25) is 0 Å². The highest BCUT2D eigenvalue weighted by Crippen LogP contribution is 2.19. The molecule has 1 aromatic heterocycles. The van der Waals surface area contributed by atoms with Gasteiger partial charge in [0.25, 0.3) is 0 Å². The highest BCUT2D eigenvalue weighted by Gasteiger charge is 2.16. The van der Waals surface area contributed by atoms with Crippen molar-refractivity contribution in [3.63, 3.8) is 0 Å². The number of rotatable bonds is 6. The van der Waals surface area contributed by atoms with Gasteiger partial charge in [0.15, 0.2) is 5.96 Å². The lowest BCUT2D eigenvalue weighted by molar-refractivity contribution is 0.122. The Morgan fingerprint density at radius 3 is 2.64 bits per heavy atom. The van der Waals surface area contributed by atoms with E-state index in [2.05, 4.69) is 64.7 Å². The Morgan fingerprint density at radius 1 is 1.18 bits per heavy atom. The van der Waals surface area contributed by atoms with Crippen LogP contribution >= 0.6 is 24.0 Å². The van der Waals surface area contributed by atoms with Gasteiger partial charge in [-0.1, -0.05) is 36.4 Å². The second-order valence-electron chi connectivity index (χ2n) is 6.56. The van der Waals surface area contributed by atoms with Crippen molar-refractivity contribution in [2.75, 3.05) is 37.7 Å². The van der Waals surface area contributed by atoms with Gasteiger partial charge in [-0.25, -0.2) is 9.98 Å². The summed E-state index contributed by atoms with van der Waals surface area (Å²) in [4.78, 5) is 11.7. The number of hydrogen-bond donors (Lipinski definition) is 2. The van der Waals surface area contributed by atoms with E-state index in [0.717, 1.165) is 50.2 Å². The van der Waals surface area contributed by atoms with Gasteiger partial charge >= 0.3 is 0 Å². The molecule has 1 aromatic carbocycles. The fourth-order valence-electron chi connectivity index (χ4n) is 3.13. The van der Waals surface area contributed by atoms with Crippen molar-refractivity contribution < 1.29 is 4.74 Å². The molecule has 0 amide bonds. The van der Waals surface area contributed by atoms with Crippen molar-refractivity contribution in [1.82, 2.24) is 15.6 Å². The average Bonchev–Trinajstić information content (AvgIpc) is 2.73. The van der Waals surface area contributed by atoms with Gasteiger partial charge in [0.05, 0.1) is 25.8 Å². The quantitative estimate of drug-likeness (QED) is 0.366. The number of halogens is 1. The molecule has 28 heavy (non-hydrogen) atoms. The number of aliphatic imine (C=N–C) groups is 1. The molecule has 1 aliphatic rings. The number of anilines is 1. The zero-order valence-electron chi connectivity index (χ0n) is 16.6. The van der Waals surface area contributed by atoms with Crippen LogP contribution in [0.15, 0.2) is 53.7 Å². The molecule has 2 N–H and O–H groups in total. The summed E-state index contributed by atoms with van der Waals surface area (Å²) >= 11 is 0. The summed E-state index contributed by atoms with van der Waals surface area (Å²) in [7, 11) is 0. The second-order valence-corrected chi connectivity index (χ2v) is 6.56. The van der Waals surface area contributed by atoms with Crippen molar-refractivity contribution in [2.45, 2.75) is 26.4 Å². The maximum Gasteiger partial charge on any atom is 0.192 e. The number of nitrogens with one attached hydrogen (secondary N) is 2. The minimum absolute atomic E-state index is 0. The van der Waals surface area contributed by atoms with Crippen molar-refractivity contribution >= 4 is 35.8 Å². The molecule has 0 radical (unpaired) electrons. The number of nitrogens with zero attached hydrogens (tertiary/aromatic N) is 3. The van der Waals surface area contributed by atoms with Gasteiger partial charge < -0.3 is 20.3 Å². The molecule has 1 unspecified atom stereocenters. The predicted octanol–water partition coefficient (Wildman–Crippen LogP) is 3.35. The van der Waals surface area contributed by atoms with E-state index in [1.165, 1.54) is 5.56 Å². The van der Waals surface area contributed by atoms with Gasteiger partial charge in [0.1, 0.15) is 5.82 Å². The summed E-state index contributed by atoms with van der Waals surface area (Å²) < 4.78 is 5.46. The molecular weight excluding hydrogens is 465 g/mol. The number of pyridine rings is 1. The number of morpholine rings is 1. The SMILES string of the molecule is CCNC(=NCc1cccnc1N1CCOCC1)NC(C)c1ccccc1.I. The first-order chi connectivity index (χ1) is 13.3. The third-order valence-electron chi connectivity index (χ3n) is 4.58. The third-order valence-corrected chi connectivity index (χ3v) is 4.58. The Kier molecular flexibility index (Phi) is 9.49. The molecule has 0 bridgehead atoms. The zero-order valence-corrected chi connectivity index (χ0v) is 18.9. The lowest BCUT2D eigenvalue weighted by Crippen LogP contribution is -2.39. The Labute approximate surface area is 184 Å². The molecule has 1 aliphatic heterocycles. The standard InChI is InChI=1S/C21H29N5O.HI/c1-3-22-21(25-17(2)18-8-5-4-6-9-18)24-16-19-10-7-11-23-20(19)26-12-14-27-15-13-26;/h4-11,17H,3,12-16H2,1-2H3,(H2,22,24,25);1H. The highest BCUT2D eigenvalue weighted by atomic mass is 127. The number of benzene rings is 1. The van der Waals surface area contributed by atoms with E-state index in [0.29, 0.717) is 6.54 Å². The molecule has 2 heterocycles. The molecule has 152 valence electrons. The van der Waals surface area contributed by atoms with Crippen LogP contribution in [0.5, 0.6) is 0 Å². The van der Waals surface area contributed by atoms with E-state index >= 15 is 0 Å². The summed E-state index contributed by atoms with van der Waals surface area (Å²) in [5.74, 6) is 1.82. The Morgan fingerprint density at radius 2 is 1.93 bits per heavy atom. The van der Waals surface area contributed by atoms with Crippen molar-refractivity contribution in [2.24, 2.45) is 4.99 Å². The topological polar surface area (TPSA) is 61.8 Å². The first-order valence-electron chi connectivity index (χ1n) is 9.64. The van der Waals surface area contributed by atoms with Crippen LogP contribution in [0.3, 0.4) is 0 Å². The first kappa shape index (κ1) is 22.4. The lowest BCUT2D eigenvalue weighted by Gasteiger charge is -2.29. The van der Waals surface area contributed by atoms with Crippen molar-refractivity contribution in [3.05, 3.63) is 59.8 Å². The predicted molar refractivity (Wildman–Crippen MR) is 125 cm³/mol. The average molecular weight is 495 g/mol. The summed E-state index contributed by atoms with van der Waals surface area (Å²) in [6.07, 6.45) is 1.85. The minimum Gasteiger partial charge on any atom is -0.378 e. The van der Waals surface area contributed by atoms with Crippen molar-refractivity contribution in [1.29, 1.82) is 0 Å². The van der Waals surface area contributed by atoms with E-state index in [9.17, 15) is 0 Å². The van der Waals surface area contributed by atoms with Crippen molar-refractivity contribution in [3.8, 4) is 0 Å². The van der Waals surface area contributed by atoms with Crippen LogP contribution in [0.4, 0.5) is 5.82 Å².